The van der Waals surface area contributed by atoms with E-state index in [-0.39, 0.29) is 19.0 Å². The van der Waals surface area contributed by atoms with Crippen molar-refractivity contribution in [2.24, 2.45) is 0 Å². The van der Waals surface area contributed by atoms with Gasteiger partial charge in [0, 0.05) is 6.42 Å². The molecule has 13 heavy (non-hydrogen) atoms. The van der Waals surface area contributed by atoms with Crippen molar-refractivity contribution in [1.82, 2.24) is 0 Å². The van der Waals surface area contributed by atoms with Crippen molar-refractivity contribution in [3.63, 3.8) is 0 Å². The molecule has 2 saturated heterocycles. The number of ether oxygens (including phenoxy) is 3. The average molecular weight is 190 g/mol. The van der Waals surface area contributed by atoms with Crippen LogP contribution in [0.2, 0.25) is 0 Å². The Hall–Kier alpha value is -0.200. The summed E-state index contributed by atoms with van der Waals surface area (Å²) < 4.78 is 15.8. The standard InChI is InChI=1S/C8H14O5/c9-4-7-5(10)3-6(13-7)8-11-1-2-12-8/h5-10H,1-4H2. The Morgan fingerprint density at radius 3 is 2.46 bits per heavy atom. The Morgan fingerprint density at radius 2 is 1.92 bits per heavy atom. The van der Waals surface area contributed by atoms with Gasteiger partial charge in [0.05, 0.1) is 25.9 Å². The number of rotatable bonds is 2. The first-order chi connectivity index (χ1) is 6.31. The van der Waals surface area contributed by atoms with E-state index in [2.05, 4.69) is 0 Å². The van der Waals surface area contributed by atoms with Gasteiger partial charge in [-0.05, 0) is 0 Å². The molecule has 3 atom stereocenters. The van der Waals surface area contributed by atoms with Crippen molar-refractivity contribution in [2.75, 3.05) is 19.8 Å². The van der Waals surface area contributed by atoms with Gasteiger partial charge in [0.2, 0.25) is 0 Å². The summed E-state index contributed by atoms with van der Waals surface area (Å²) in [5.74, 6) is 0. The fourth-order valence-electron chi connectivity index (χ4n) is 1.69. The van der Waals surface area contributed by atoms with Gasteiger partial charge >= 0.3 is 0 Å². The first kappa shape index (κ1) is 9.36. The van der Waals surface area contributed by atoms with Gasteiger partial charge in [-0.1, -0.05) is 0 Å². The summed E-state index contributed by atoms with van der Waals surface area (Å²) in [7, 11) is 0. The van der Waals surface area contributed by atoms with Crippen LogP contribution in [0.1, 0.15) is 6.42 Å². The van der Waals surface area contributed by atoms with Crippen LogP contribution >= 0.6 is 0 Å². The minimum absolute atomic E-state index is 0.162. The molecule has 0 amide bonds. The van der Waals surface area contributed by atoms with Gasteiger partial charge < -0.3 is 24.4 Å². The molecule has 3 unspecified atom stereocenters. The highest BCUT2D eigenvalue weighted by atomic mass is 16.7. The van der Waals surface area contributed by atoms with Gasteiger partial charge in [0.25, 0.3) is 0 Å². The highest BCUT2D eigenvalue weighted by Gasteiger charge is 2.40. The lowest BCUT2D eigenvalue weighted by Crippen LogP contribution is -2.28. The second-order valence-corrected chi connectivity index (χ2v) is 3.31. The third-order valence-corrected chi connectivity index (χ3v) is 2.38. The van der Waals surface area contributed by atoms with E-state index in [1.165, 1.54) is 0 Å². The third kappa shape index (κ3) is 1.84. The Bertz CT molecular complexity index is 168. The van der Waals surface area contributed by atoms with E-state index in [0.29, 0.717) is 19.6 Å². The lowest BCUT2D eigenvalue weighted by atomic mass is 10.1. The SMILES string of the molecule is OCC1OC(C2OCCO2)CC1O. The van der Waals surface area contributed by atoms with Crippen molar-refractivity contribution in [3.05, 3.63) is 0 Å². The number of hydrogen-bond acceptors (Lipinski definition) is 5. The maximum absolute atomic E-state index is 9.42. The lowest BCUT2D eigenvalue weighted by molar-refractivity contribution is -0.143. The van der Waals surface area contributed by atoms with Crippen LogP contribution in [0.25, 0.3) is 0 Å². The Balaban J connectivity index is 1.88. The molecule has 2 N–H and O–H groups in total. The Kier molecular flexibility index (Phi) is 2.80. The first-order valence-corrected chi connectivity index (χ1v) is 4.49. The Labute approximate surface area is 76.2 Å². The molecule has 2 fully saturated rings. The molecule has 0 aliphatic carbocycles. The molecule has 2 aliphatic rings. The molecule has 0 aromatic rings. The van der Waals surface area contributed by atoms with Gasteiger partial charge in [-0.2, -0.15) is 0 Å². The summed E-state index contributed by atoms with van der Waals surface area (Å²) in [5.41, 5.74) is 0. The molecule has 0 saturated carbocycles. The van der Waals surface area contributed by atoms with E-state index >= 15 is 0 Å². The van der Waals surface area contributed by atoms with Gasteiger partial charge in [-0.15, -0.1) is 0 Å². The molecule has 0 spiro atoms. The van der Waals surface area contributed by atoms with Gasteiger partial charge in [-0.25, -0.2) is 0 Å². The zero-order valence-corrected chi connectivity index (χ0v) is 7.26. The van der Waals surface area contributed by atoms with Crippen LogP contribution in [0.4, 0.5) is 0 Å². The smallest absolute Gasteiger partial charge is 0.184 e. The van der Waals surface area contributed by atoms with Crippen LogP contribution in [-0.4, -0.2) is 54.6 Å². The normalized spacial score (nSPS) is 41.5. The van der Waals surface area contributed by atoms with Crippen LogP contribution in [-0.2, 0) is 14.2 Å². The predicted molar refractivity (Wildman–Crippen MR) is 42.1 cm³/mol. The summed E-state index contributed by atoms with van der Waals surface area (Å²) in [6.07, 6.45) is -1.24. The molecule has 2 aliphatic heterocycles. The number of aliphatic hydroxyl groups excluding tert-OH is 2. The summed E-state index contributed by atoms with van der Waals surface area (Å²) in [5, 5.41) is 18.3. The van der Waals surface area contributed by atoms with Gasteiger partial charge in [0.15, 0.2) is 6.29 Å². The van der Waals surface area contributed by atoms with Crippen LogP contribution in [0.5, 0.6) is 0 Å². The lowest BCUT2D eigenvalue weighted by Gasteiger charge is -2.16. The quantitative estimate of drug-likeness (QED) is 0.576. The second-order valence-electron chi connectivity index (χ2n) is 3.31. The summed E-state index contributed by atoms with van der Waals surface area (Å²) in [6, 6.07) is 0. The zero-order valence-electron chi connectivity index (χ0n) is 7.26. The molecule has 5 nitrogen and oxygen atoms in total. The minimum atomic E-state index is -0.609. The predicted octanol–water partition coefficient (Wildman–Crippen LogP) is -1.13. The molecular formula is C8H14O5. The zero-order chi connectivity index (χ0) is 9.26. The van der Waals surface area contributed by atoms with Crippen LogP contribution in [0.3, 0.4) is 0 Å². The monoisotopic (exact) mass is 190 g/mol. The average Bonchev–Trinajstić information content (AvgIpc) is 2.71. The second kappa shape index (κ2) is 3.89. The molecule has 0 aromatic heterocycles. The largest absolute Gasteiger partial charge is 0.394 e. The van der Waals surface area contributed by atoms with Gasteiger partial charge in [0.1, 0.15) is 12.2 Å². The maximum atomic E-state index is 9.42. The van der Waals surface area contributed by atoms with E-state index in [4.69, 9.17) is 19.3 Å². The van der Waals surface area contributed by atoms with Crippen LogP contribution < -0.4 is 0 Å². The fraction of sp³-hybridized carbons (Fsp3) is 1.00. The maximum Gasteiger partial charge on any atom is 0.184 e. The minimum Gasteiger partial charge on any atom is -0.394 e. The molecule has 0 radical (unpaired) electrons. The van der Waals surface area contributed by atoms with Crippen molar-refractivity contribution in [1.29, 1.82) is 0 Å². The highest BCUT2D eigenvalue weighted by Crippen LogP contribution is 2.26. The van der Waals surface area contributed by atoms with Crippen molar-refractivity contribution in [3.8, 4) is 0 Å². The molecule has 76 valence electrons. The summed E-state index contributed by atoms with van der Waals surface area (Å²) in [6.45, 7) is 0.985. The van der Waals surface area contributed by atoms with E-state index in [1.54, 1.807) is 0 Å². The third-order valence-electron chi connectivity index (χ3n) is 2.38. The topological polar surface area (TPSA) is 68.2 Å². The summed E-state index contributed by atoms with van der Waals surface area (Å²) >= 11 is 0. The van der Waals surface area contributed by atoms with Crippen LogP contribution in [0.15, 0.2) is 0 Å². The first-order valence-electron chi connectivity index (χ1n) is 4.49. The number of aliphatic hydroxyl groups is 2. The molecule has 0 aromatic carbocycles. The Morgan fingerprint density at radius 1 is 1.23 bits per heavy atom. The number of hydrogen-bond donors (Lipinski definition) is 2. The molecule has 5 heteroatoms. The van der Waals surface area contributed by atoms with Crippen LogP contribution in [0, 0.1) is 0 Å². The van der Waals surface area contributed by atoms with E-state index < -0.39 is 12.2 Å². The van der Waals surface area contributed by atoms with Crippen molar-refractivity contribution < 1.29 is 24.4 Å². The fourth-order valence-corrected chi connectivity index (χ4v) is 1.69. The molecule has 2 rings (SSSR count). The molecular weight excluding hydrogens is 176 g/mol. The highest BCUT2D eigenvalue weighted by molar-refractivity contribution is 4.84. The summed E-state index contributed by atoms with van der Waals surface area (Å²) in [4.78, 5) is 0. The van der Waals surface area contributed by atoms with E-state index in [0.717, 1.165) is 0 Å². The molecule has 2 heterocycles. The van der Waals surface area contributed by atoms with Crippen molar-refractivity contribution >= 4 is 0 Å². The van der Waals surface area contributed by atoms with E-state index in [1.807, 2.05) is 0 Å². The molecule has 0 bridgehead atoms. The van der Waals surface area contributed by atoms with Crippen molar-refractivity contribution in [2.45, 2.75) is 31.0 Å². The van der Waals surface area contributed by atoms with E-state index in [9.17, 15) is 5.11 Å². The van der Waals surface area contributed by atoms with Gasteiger partial charge in [-0.3, -0.25) is 0 Å².